The molecule has 5 nitrogen and oxygen atoms in total. The Hall–Kier alpha value is -2.24. The number of hydrogen-bond acceptors (Lipinski definition) is 5. The van der Waals surface area contributed by atoms with E-state index in [2.05, 4.69) is 34.2 Å². The molecule has 0 unspecified atom stereocenters. The summed E-state index contributed by atoms with van der Waals surface area (Å²) in [5, 5.41) is 26.4. The second-order valence-electron chi connectivity index (χ2n) is 5.87. The van der Waals surface area contributed by atoms with Crippen molar-refractivity contribution in [3.05, 3.63) is 54.1 Å². The maximum atomic E-state index is 8.92. The van der Waals surface area contributed by atoms with Crippen LogP contribution in [0.5, 0.6) is 0 Å². The molecule has 0 aliphatic heterocycles. The summed E-state index contributed by atoms with van der Waals surface area (Å²) < 4.78 is 0. The molecule has 0 aromatic heterocycles. The van der Waals surface area contributed by atoms with E-state index in [-0.39, 0.29) is 13.2 Å². The highest BCUT2D eigenvalue weighted by molar-refractivity contribution is 5.53. The number of azo groups is 1. The Kier molecular flexibility index (Phi) is 8.09. The molecule has 2 N–H and O–H groups in total. The van der Waals surface area contributed by atoms with Gasteiger partial charge in [-0.3, -0.25) is 0 Å². The third-order valence-corrected chi connectivity index (χ3v) is 4.05. The Bertz CT molecular complexity index is 639. The lowest BCUT2D eigenvalue weighted by molar-refractivity contribution is 0.285. The van der Waals surface area contributed by atoms with Crippen molar-refractivity contribution in [1.82, 2.24) is 0 Å². The van der Waals surface area contributed by atoms with Gasteiger partial charge in [0.15, 0.2) is 0 Å². The number of nitrogens with zero attached hydrogens (tertiary/aromatic N) is 3. The summed E-state index contributed by atoms with van der Waals surface area (Å²) in [6.45, 7) is 4.41. The van der Waals surface area contributed by atoms with Crippen molar-refractivity contribution >= 4 is 17.1 Å². The molecule has 0 heterocycles. The Morgan fingerprint density at radius 2 is 1.40 bits per heavy atom. The molecule has 0 saturated heterocycles. The first kappa shape index (κ1) is 19.1. The van der Waals surface area contributed by atoms with Gasteiger partial charge in [0.1, 0.15) is 0 Å². The Morgan fingerprint density at radius 1 is 0.800 bits per heavy atom. The Labute approximate surface area is 149 Å². The van der Waals surface area contributed by atoms with Gasteiger partial charge in [-0.2, -0.15) is 10.2 Å². The first-order valence-electron chi connectivity index (χ1n) is 8.84. The van der Waals surface area contributed by atoms with Gasteiger partial charge in [-0.25, -0.2) is 0 Å². The van der Waals surface area contributed by atoms with Crippen LogP contribution in [0.2, 0.25) is 0 Å². The molecule has 25 heavy (non-hydrogen) atoms. The normalized spacial score (nSPS) is 11.2. The summed E-state index contributed by atoms with van der Waals surface area (Å²) >= 11 is 0. The number of rotatable bonds is 10. The summed E-state index contributed by atoms with van der Waals surface area (Å²) in [6, 6.07) is 15.8. The lowest BCUT2D eigenvalue weighted by Crippen LogP contribution is -2.23. The highest BCUT2D eigenvalue weighted by atomic mass is 16.3. The van der Waals surface area contributed by atoms with Gasteiger partial charge in [0.25, 0.3) is 0 Å². The number of aliphatic hydroxyl groups excluding tert-OH is 2. The molecular weight excluding hydrogens is 314 g/mol. The van der Waals surface area contributed by atoms with E-state index in [1.54, 1.807) is 0 Å². The standard InChI is InChI=1S/C20H27N3O2/c1-2-23(14-3-4-15-24)20-11-9-19(10-12-20)22-21-18-7-5-17(6-8-18)13-16-25/h5-12,24-25H,2-4,13-16H2,1H3. The van der Waals surface area contributed by atoms with E-state index >= 15 is 0 Å². The zero-order valence-electron chi connectivity index (χ0n) is 14.8. The van der Waals surface area contributed by atoms with Crippen molar-refractivity contribution in [2.24, 2.45) is 10.2 Å². The zero-order chi connectivity index (χ0) is 17.9. The highest BCUT2D eigenvalue weighted by Crippen LogP contribution is 2.23. The predicted molar refractivity (Wildman–Crippen MR) is 102 cm³/mol. The van der Waals surface area contributed by atoms with E-state index in [0.717, 1.165) is 48.6 Å². The van der Waals surface area contributed by atoms with E-state index in [1.807, 2.05) is 36.4 Å². The molecule has 2 aromatic rings. The molecule has 0 radical (unpaired) electrons. The Balaban J connectivity index is 1.96. The second kappa shape index (κ2) is 10.6. The van der Waals surface area contributed by atoms with Crippen molar-refractivity contribution in [2.45, 2.75) is 26.2 Å². The quantitative estimate of drug-likeness (QED) is 0.502. The monoisotopic (exact) mass is 341 g/mol. The fourth-order valence-electron chi connectivity index (χ4n) is 2.59. The van der Waals surface area contributed by atoms with Gasteiger partial charge >= 0.3 is 0 Å². The van der Waals surface area contributed by atoms with Crippen LogP contribution in [-0.2, 0) is 6.42 Å². The first-order chi connectivity index (χ1) is 12.3. The van der Waals surface area contributed by atoms with Crippen LogP contribution in [0.3, 0.4) is 0 Å². The molecule has 0 aliphatic rings. The molecule has 0 aliphatic carbocycles. The average Bonchev–Trinajstić information content (AvgIpc) is 2.66. The minimum atomic E-state index is 0.155. The summed E-state index contributed by atoms with van der Waals surface area (Å²) in [7, 11) is 0. The van der Waals surface area contributed by atoms with Crippen molar-refractivity contribution in [1.29, 1.82) is 0 Å². The number of anilines is 1. The highest BCUT2D eigenvalue weighted by Gasteiger charge is 2.03. The predicted octanol–water partition coefficient (Wildman–Crippen LogP) is 4.24. The van der Waals surface area contributed by atoms with Gasteiger partial charge in [0, 0.05) is 32.0 Å². The third kappa shape index (κ3) is 6.29. The molecule has 0 amide bonds. The molecule has 5 heteroatoms. The SMILES string of the molecule is CCN(CCCCO)c1ccc(N=Nc2ccc(CCO)cc2)cc1. The van der Waals surface area contributed by atoms with Gasteiger partial charge < -0.3 is 15.1 Å². The number of unbranched alkanes of at least 4 members (excludes halogenated alkanes) is 1. The lowest BCUT2D eigenvalue weighted by Gasteiger charge is -2.23. The fraction of sp³-hybridized carbons (Fsp3) is 0.400. The summed E-state index contributed by atoms with van der Waals surface area (Å²) in [5.41, 5.74) is 3.86. The van der Waals surface area contributed by atoms with Crippen molar-refractivity contribution in [2.75, 3.05) is 31.2 Å². The average molecular weight is 341 g/mol. The van der Waals surface area contributed by atoms with Crippen LogP contribution in [0, 0.1) is 0 Å². The van der Waals surface area contributed by atoms with Gasteiger partial charge in [0.2, 0.25) is 0 Å². The molecule has 2 aromatic carbocycles. The van der Waals surface area contributed by atoms with Crippen LogP contribution in [0.15, 0.2) is 58.8 Å². The molecule has 0 saturated carbocycles. The maximum absolute atomic E-state index is 8.92. The topological polar surface area (TPSA) is 68.4 Å². The first-order valence-corrected chi connectivity index (χ1v) is 8.84. The second-order valence-corrected chi connectivity index (χ2v) is 5.87. The van der Waals surface area contributed by atoms with E-state index in [4.69, 9.17) is 10.2 Å². The number of hydrogen-bond donors (Lipinski definition) is 2. The van der Waals surface area contributed by atoms with Crippen LogP contribution in [0.4, 0.5) is 17.1 Å². The van der Waals surface area contributed by atoms with Gasteiger partial charge in [-0.05, 0) is 68.1 Å². The Morgan fingerprint density at radius 3 is 1.92 bits per heavy atom. The molecule has 0 fully saturated rings. The molecule has 134 valence electrons. The number of benzene rings is 2. The van der Waals surface area contributed by atoms with E-state index in [9.17, 15) is 0 Å². The summed E-state index contributed by atoms with van der Waals surface area (Å²) in [5.74, 6) is 0. The molecule has 0 atom stereocenters. The van der Waals surface area contributed by atoms with Crippen LogP contribution in [-0.4, -0.2) is 36.5 Å². The van der Waals surface area contributed by atoms with E-state index in [0.29, 0.717) is 6.42 Å². The largest absolute Gasteiger partial charge is 0.396 e. The molecule has 0 bridgehead atoms. The van der Waals surface area contributed by atoms with Crippen LogP contribution in [0.25, 0.3) is 0 Å². The van der Waals surface area contributed by atoms with E-state index in [1.165, 1.54) is 0 Å². The van der Waals surface area contributed by atoms with Gasteiger partial charge in [-0.15, -0.1) is 0 Å². The smallest absolute Gasteiger partial charge is 0.0858 e. The minimum Gasteiger partial charge on any atom is -0.396 e. The minimum absolute atomic E-state index is 0.155. The van der Waals surface area contributed by atoms with Crippen molar-refractivity contribution < 1.29 is 10.2 Å². The van der Waals surface area contributed by atoms with Gasteiger partial charge in [-0.1, -0.05) is 12.1 Å². The van der Waals surface area contributed by atoms with Gasteiger partial charge in [0.05, 0.1) is 11.4 Å². The van der Waals surface area contributed by atoms with E-state index < -0.39 is 0 Å². The molecular formula is C20H27N3O2. The maximum Gasteiger partial charge on any atom is 0.0858 e. The number of aliphatic hydroxyl groups is 2. The fourth-order valence-corrected chi connectivity index (χ4v) is 2.59. The summed E-state index contributed by atoms with van der Waals surface area (Å²) in [4.78, 5) is 2.29. The van der Waals surface area contributed by atoms with Crippen molar-refractivity contribution in [3.63, 3.8) is 0 Å². The zero-order valence-corrected chi connectivity index (χ0v) is 14.8. The molecule has 0 spiro atoms. The van der Waals surface area contributed by atoms with Crippen molar-refractivity contribution in [3.8, 4) is 0 Å². The lowest BCUT2D eigenvalue weighted by atomic mass is 10.1. The summed E-state index contributed by atoms with van der Waals surface area (Å²) in [6.07, 6.45) is 2.48. The van der Waals surface area contributed by atoms with Crippen LogP contribution >= 0.6 is 0 Å². The molecule has 2 rings (SSSR count). The van der Waals surface area contributed by atoms with Crippen LogP contribution in [0.1, 0.15) is 25.3 Å². The van der Waals surface area contributed by atoms with Crippen LogP contribution < -0.4 is 4.90 Å². The third-order valence-electron chi connectivity index (χ3n) is 4.05.